The number of rotatable bonds is 5. The van der Waals surface area contributed by atoms with Crippen LogP contribution in [0.4, 0.5) is 0 Å². The minimum atomic E-state index is -0.0358. The predicted molar refractivity (Wildman–Crippen MR) is 95.7 cm³/mol. The van der Waals surface area contributed by atoms with Crippen LogP contribution < -0.4 is 0 Å². The van der Waals surface area contributed by atoms with Crippen LogP contribution in [0.2, 0.25) is 0 Å². The van der Waals surface area contributed by atoms with Crippen LogP contribution in [-0.2, 0) is 0 Å². The maximum absolute atomic E-state index is 12.9. The monoisotopic (exact) mass is 335 g/mol. The summed E-state index contributed by atoms with van der Waals surface area (Å²) < 4.78 is 1.72. The molecule has 3 aromatic rings. The normalized spacial score (nSPS) is 14.0. The van der Waals surface area contributed by atoms with E-state index in [4.69, 9.17) is 0 Å². The van der Waals surface area contributed by atoms with Crippen molar-refractivity contribution in [2.75, 3.05) is 13.1 Å². The Bertz CT molecular complexity index is 923. The Balaban J connectivity index is 1.72. The van der Waals surface area contributed by atoms with Gasteiger partial charge in [-0.3, -0.25) is 9.78 Å². The second-order valence-corrected chi connectivity index (χ2v) is 6.57. The van der Waals surface area contributed by atoms with Crippen LogP contribution in [0.1, 0.15) is 35.9 Å². The van der Waals surface area contributed by atoms with Crippen LogP contribution in [0.15, 0.2) is 36.5 Å². The smallest absolute Gasteiger partial charge is 0.276 e. The molecule has 4 rings (SSSR count). The van der Waals surface area contributed by atoms with Gasteiger partial charge in [-0.1, -0.05) is 23.4 Å². The molecule has 0 spiro atoms. The molecule has 1 aliphatic carbocycles. The predicted octanol–water partition coefficient (Wildman–Crippen LogP) is 3.00. The zero-order chi connectivity index (χ0) is 17.4. The van der Waals surface area contributed by atoms with Crippen LogP contribution in [0, 0.1) is 12.8 Å². The van der Waals surface area contributed by atoms with E-state index in [1.165, 1.54) is 12.8 Å². The molecule has 0 unspecified atom stereocenters. The number of para-hydroxylation sites is 1. The summed E-state index contributed by atoms with van der Waals surface area (Å²) in [4.78, 5) is 19.2. The van der Waals surface area contributed by atoms with Crippen molar-refractivity contribution in [2.24, 2.45) is 5.92 Å². The molecule has 6 heteroatoms. The zero-order valence-electron chi connectivity index (χ0n) is 14.5. The van der Waals surface area contributed by atoms with E-state index in [-0.39, 0.29) is 5.91 Å². The molecule has 2 aromatic heterocycles. The first-order valence-electron chi connectivity index (χ1n) is 8.74. The molecule has 0 atom stereocenters. The number of carbonyl (C=O) groups excluding carboxylic acids is 1. The van der Waals surface area contributed by atoms with E-state index in [1.807, 2.05) is 49.1 Å². The van der Waals surface area contributed by atoms with Crippen molar-refractivity contribution in [3.8, 4) is 5.69 Å². The fraction of sp³-hybridized carbons (Fsp3) is 0.368. The van der Waals surface area contributed by atoms with Gasteiger partial charge in [0.25, 0.3) is 5.91 Å². The van der Waals surface area contributed by atoms with Crippen molar-refractivity contribution < 1.29 is 4.79 Å². The zero-order valence-corrected chi connectivity index (χ0v) is 14.5. The number of fused-ring (bicyclic) bond motifs is 1. The third kappa shape index (κ3) is 2.88. The van der Waals surface area contributed by atoms with Crippen molar-refractivity contribution in [3.05, 3.63) is 47.9 Å². The molecular weight excluding hydrogens is 314 g/mol. The van der Waals surface area contributed by atoms with Crippen molar-refractivity contribution >= 4 is 16.8 Å². The van der Waals surface area contributed by atoms with Gasteiger partial charge in [-0.15, -0.1) is 5.10 Å². The molecule has 0 bridgehead atoms. The van der Waals surface area contributed by atoms with E-state index in [2.05, 4.69) is 15.3 Å². The molecule has 1 fully saturated rings. The number of aromatic nitrogens is 4. The first-order valence-corrected chi connectivity index (χ1v) is 8.74. The second kappa shape index (κ2) is 6.27. The fourth-order valence-corrected chi connectivity index (χ4v) is 3.13. The first-order chi connectivity index (χ1) is 12.2. The summed E-state index contributed by atoms with van der Waals surface area (Å²) >= 11 is 0. The summed E-state index contributed by atoms with van der Waals surface area (Å²) in [7, 11) is 0. The van der Waals surface area contributed by atoms with Gasteiger partial charge >= 0.3 is 0 Å². The molecule has 0 radical (unpaired) electrons. The maximum atomic E-state index is 12.9. The Morgan fingerprint density at radius 3 is 2.84 bits per heavy atom. The molecule has 0 N–H and O–H groups in total. The van der Waals surface area contributed by atoms with E-state index in [1.54, 1.807) is 10.9 Å². The lowest BCUT2D eigenvalue weighted by molar-refractivity contribution is 0.0750. The molecule has 25 heavy (non-hydrogen) atoms. The van der Waals surface area contributed by atoms with Gasteiger partial charge in [-0.2, -0.15) is 0 Å². The van der Waals surface area contributed by atoms with Crippen LogP contribution >= 0.6 is 0 Å². The van der Waals surface area contributed by atoms with Crippen LogP contribution in [0.5, 0.6) is 0 Å². The lowest BCUT2D eigenvalue weighted by Crippen LogP contribution is -2.33. The molecule has 1 aromatic carbocycles. The van der Waals surface area contributed by atoms with E-state index < -0.39 is 0 Å². The third-order valence-corrected chi connectivity index (χ3v) is 4.78. The van der Waals surface area contributed by atoms with Crippen molar-refractivity contribution in [3.63, 3.8) is 0 Å². The van der Waals surface area contributed by atoms with E-state index in [0.29, 0.717) is 18.2 Å². The largest absolute Gasteiger partial charge is 0.337 e. The number of carbonyl (C=O) groups is 1. The first kappa shape index (κ1) is 15.7. The average molecular weight is 335 g/mol. The maximum Gasteiger partial charge on any atom is 0.276 e. The third-order valence-electron chi connectivity index (χ3n) is 4.78. The van der Waals surface area contributed by atoms with E-state index >= 15 is 0 Å². The summed E-state index contributed by atoms with van der Waals surface area (Å²) in [6.07, 6.45) is 4.20. The number of hydrogen-bond donors (Lipinski definition) is 0. The molecule has 1 amide bonds. The van der Waals surface area contributed by atoms with Crippen molar-refractivity contribution in [1.29, 1.82) is 0 Å². The van der Waals surface area contributed by atoms with Gasteiger partial charge < -0.3 is 4.90 Å². The molecule has 0 aliphatic heterocycles. The van der Waals surface area contributed by atoms with Gasteiger partial charge in [0, 0.05) is 24.7 Å². The van der Waals surface area contributed by atoms with Crippen LogP contribution in [0.25, 0.3) is 16.6 Å². The number of pyridine rings is 1. The average Bonchev–Trinajstić information content (AvgIpc) is 3.39. The Kier molecular flexibility index (Phi) is 3.95. The number of benzene rings is 1. The van der Waals surface area contributed by atoms with Crippen molar-refractivity contribution in [1.82, 2.24) is 24.9 Å². The SMILES string of the molecule is CCN(CC1CC1)C(=O)c1nnn(-c2cccc3cccnc23)c1C. The Hall–Kier alpha value is -2.76. The van der Waals surface area contributed by atoms with Crippen LogP contribution in [0.3, 0.4) is 0 Å². The summed E-state index contributed by atoms with van der Waals surface area (Å²) in [5.41, 5.74) is 2.86. The molecule has 1 aliphatic rings. The topological polar surface area (TPSA) is 63.9 Å². The lowest BCUT2D eigenvalue weighted by Gasteiger charge is -2.19. The van der Waals surface area contributed by atoms with Gasteiger partial charge in [0.05, 0.1) is 16.9 Å². The Labute approximate surface area is 146 Å². The molecular formula is C19H21N5O. The van der Waals surface area contributed by atoms with Crippen LogP contribution in [-0.4, -0.2) is 43.9 Å². The van der Waals surface area contributed by atoms with Crippen molar-refractivity contribution in [2.45, 2.75) is 26.7 Å². The molecule has 2 heterocycles. The summed E-state index contributed by atoms with van der Waals surface area (Å²) in [5, 5.41) is 9.47. The summed E-state index contributed by atoms with van der Waals surface area (Å²) in [5.74, 6) is 0.618. The van der Waals surface area contributed by atoms with Gasteiger partial charge in [-0.25, -0.2) is 4.68 Å². The molecule has 1 saturated carbocycles. The minimum Gasteiger partial charge on any atom is -0.337 e. The Morgan fingerprint density at radius 1 is 1.28 bits per heavy atom. The van der Waals surface area contributed by atoms with Gasteiger partial charge in [-0.05, 0) is 44.7 Å². The number of hydrogen-bond acceptors (Lipinski definition) is 4. The van der Waals surface area contributed by atoms with E-state index in [9.17, 15) is 4.79 Å². The minimum absolute atomic E-state index is 0.0358. The highest BCUT2D eigenvalue weighted by Crippen LogP contribution is 2.30. The lowest BCUT2D eigenvalue weighted by atomic mass is 10.2. The number of nitrogens with zero attached hydrogens (tertiary/aromatic N) is 5. The second-order valence-electron chi connectivity index (χ2n) is 6.57. The molecule has 6 nitrogen and oxygen atoms in total. The van der Waals surface area contributed by atoms with Gasteiger partial charge in [0.1, 0.15) is 0 Å². The summed E-state index contributed by atoms with van der Waals surface area (Å²) in [6.45, 7) is 5.41. The van der Waals surface area contributed by atoms with Gasteiger partial charge in [0.2, 0.25) is 0 Å². The Morgan fingerprint density at radius 2 is 2.08 bits per heavy atom. The van der Waals surface area contributed by atoms with Gasteiger partial charge in [0.15, 0.2) is 5.69 Å². The highest BCUT2D eigenvalue weighted by atomic mass is 16.2. The fourth-order valence-electron chi connectivity index (χ4n) is 3.13. The number of amides is 1. The highest BCUT2D eigenvalue weighted by Gasteiger charge is 2.29. The standard InChI is InChI=1S/C19H21N5O/c1-3-23(12-14-9-10-14)19(25)17-13(2)24(22-21-17)16-8-4-6-15-7-5-11-20-18(15)16/h4-8,11,14H,3,9-10,12H2,1-2H3. The molecule has 128 valence electrons. The quantitative estimate of drug-likeness (QED) is 0.719. The van der Waals surface area contributed by atoms with E-state index in [0.717, 1.165) is 28.8 Å². The summed E-state index contributed by atoms with van der Waals surface area (Å²) in [6, 6.07) is 9.85. The highest BCUT2D eigenvalue weighted by molar-refractivity contribution is 5.94. The molecule has 0 saturated heterocycles.